The Morgan fingerprint density at radius 1 is 1.23 bits per heavy atom. The van der Waals surface area contributed by atoms with Crippen molar-refractivity contribution in [1.29, 1.82) is 0 Å². The van der Waals surface area contributed by atoms with Crippen LogP contribution in [-0.2, 0) is 19.1 Å². The van der Waals surface area contributed by atoms with Crippen LogP contribution in [-0.4, -0.2) is 66.0 Å². The van der Waals surface area contributed by atoms with Crippen molar-refractivity contribution < 1.29 is 33.0 Å². The monoisotopic (exact) mass is 417 g/mol. The van der Waals surface area contributed by atoms with Crippen molar-refractivity contribution in [2.45, 2.75) is 44.4 Å². The molecule has 1 spiro atoms. The molecule has 3 aliphatic heterocycles. The van der Waals surface area contributed by atoms with Crippen molar-refractivity contribution in [2.75, 3.05) is 29.6 Å². The molecular weight excluding hydrogens is 397 g/mol. The maximum absolute atomic E-state index is 15.1. The van der Waals surface area contributed by atoms with Gasteiger partial charge in [0, 0.05) is 25.5 Å². The Hall–Kier alpha value is -3.01. The molecule has 30 heavy (non-hydrogen) atoms. The van der Waals surface area contributed by atoms with Gasteiger partial charge in [-0.05, 0) is 19.9 Å². The minimum Gasteiger partial charge on any atom is -0.475 e. The summed E-state index contributed by atoms with van der Waals surface area (Å²) in [5, 5.41) is 0. The Bertz CT molecular complexity index is 983. The minimum absolute atomic E-state index is 0.0469. The van der Waals surface area contributed by atoms with E-state index in [1.54, 1.807) is 6.92 Å². The highest BCUT2D eigenvalue weighted by Crippen LogP contribution is 2.51. The van der Waals surface area contributed by atoms with Crippen LogP contribution in [0.2, 0.25) is 0 Å². The maximum atomic E-state index is 15.1. The molecule has 0 radical (unpaired) electrons. The van der Waals surface area contributed by atoms with Gasteiger partial charge in [-0.2, -0.15) is 0 Å². The summed E-state index contributed by atoms with van der Waals surface area (Å²) in [5.74, 6) is -1.93. The van der Waals surface area contributed by atoms with Crippen LogP contribution in [0.15, 0.2) is 12.1 Å². The molecule has 2 unspecified atom stereocenters. The third-order valence-corrected chi connectivity index (χ3v) is 6.19. The Morgan fingerprint density at radius 2 is 1.97 bits per heavy atom. The highest BCUT2D eigenvalue weighted by molar-refractivity contribution is 6.22. The standard InChI is InChI=1S/C20H20FN3O6/c1-10(11(2)25)23-14-8-13(12(21)7-16(14)30-20(3-4-20)18(23)27)24-17(26)15-9-29-6-5-22(15)19(24)28/h7-8,10,15H,3-6,9H2,1-2H3. The van der Waals surface area contributed by atoms with Gasteiger partial charge < -0.3 is 14.4 Å². The molecule has 3 heterocycles. The zero-order chi connectivity index (χ0) is 21.4. The van der Waals surface area contributed by atoms with Crippen LogP contribution in [0, 0.1) is 5.82 Å². The molecule has 0 bridgehead atoms. The summed E-state index contributed by atoms with van der Waals surface area (Å²) in [6.45, 7) is 3.52. The van der Waals surface area contributed by atoms with Gasteiger partial charge in [-0.15, -0.1) is 0 Å². The lowest BCUT2D eigenvalue weighted by Gasteiger charge is -2.38. The second-order valence-electron chi connectivity index (χ2n) is 8.07. The van der Waals surface area contributed by atoms with E-state index in [4.69, 9.17) is 9.47 Å². The van der Waals surface area contributed by atoms with Gasteiger partial charge in [0.1, 0.15) is 11.8 Å². The summed E-state index contributed by atoms with van der Waals surface area (Å²) in [7, 11) is 0. The number of anilines is 2. The van der Waals surface area contributed by atoms with Gasteiger partial charge in [-0.25, -0.2) is 14.1 Å². The molecule has 1 aromatic rings. The number of nitrogens with zero attached hydrogens (tertiary/aromatic N) is 3. The summed E-state index contributed by atoms with van der Waals surface area (Å²) in [4.78, 5) is 54.2. The molecule has 0 aromatic heterocycles. The summed E-state index contributed by atoms with van der Waals surface area (Å²) in [5.41, 5.74) is -1.18. The molecule has 5 rings (SSSR count). The third kappa shape index (κ3) is 2.49. The zero-order valence-corrected chi connectivity index (χ0v) is 16.5. The van der Waals surface area contributed by atoms with Crippen LogP contribution in [0.4, 0.5) is 20.6 Å². The lowest BCUT2D eigenvalue weighted by atomic mass is 10.1. The highest BCUT2D eigenvalue weighted by atomic mass is 19.1. The molecule has 2 saturated heterocycles. The number of morpholine rings is 1. The number of halogens is 1. The lowest BCUT2D eigenvalue weighted by Crippen LogP contribution is -2.53. The number of amides is 4. The van der Waals surface area contributed by atoms with Crippen LogP contribution in [0.5, 0.6) is 5.75 Å². The fourth-order valence-corrected chi connectivity index (χ4v) is 4.18. The number of carbonyl (C=O) groups excluding carboxylic acids is 4. The summed E-state index contributed by atoms with van der Waals surface area (Å²) >= 11 is 0. The lowest BCUT2D eigenvalue weighted by molar-refractivity contribution is -0.131. The predicted octanol–water partition coefficient (Wildman–Crippen LogP) is 1.23. The zero-order valence-electron chi connectivity index (χ0n) is 16.5. The molecule has 1 saturated carbocycles. The Balaban J connectivity index is 1.61. The molecule has 1 aromatic carbocycles. The van der Waals surface area contributed by atoms with Crippen molar-refractivity contribution in [3.05, 3.63) is 17.9 Å². The highest BCUT2D eigenvalue weighted by Gasteiger charge is 2.59. The molecule has 1 aliphatic carbocycles. The maximum Gasteiger partial charge on any atom is 0.332 e. The van der Waals surface area contributed by atoms with Gasteiger partial charge >= 0.3 is 6.03 Å². The van der Waals surface area contributed by atoms with Gasteiger partial charge in [-0.3, -0.25) is 19.3 Å². The van der Waals surface area contributed by atoms with Gasteiger partial charge in [0.15, 0.2) is 17.2 Å². The second kappa shape index (κ2) is 6.24. The number of Topliss-reactive ketones (excluding diaryl/α,β-unsaturated/α-hetero) is 1. The topological polar surface area (TPSA) is 96.5 Å². The van der Waals surface area contributed by atoms with Crippen molar-refractivity contribution >= 4 is 35.0 Å². The quantitative estimate of drug-likeness (QED) is 0.687. The molecule has 4 amide bonds. The molecule has 4 aliphatic rings. The van der Waals surface area contributed by atoms with Gasteiger partial charge in [0.2, 0.25) is 0 Å². The first-order valence-electron chi connectivity index (χ1n) is 9.84. The SMILES string of the molecule is CC(=O)C(C)N1C(=O)C2(CC2)Oc2cc(F)c(N3C(=O)C4COCCN4C3=O)cc21. The van der Waals surface area contributed by atoms with E-state index in [9.17, 15) is 19.2 Å². The van der Waals surface area contributed by atoms with E-state index in [0.717, 1.165) is 11.0 Å². The largest absolute Gasteiger partial charge is 0.475 e. The number of ketones is 1. The van der Waals surface area contributed by atoms with E-state index in [-0.39, 0.29) is 42.0 Å². The van der Waals surface area contributed by atoms with E-state index in [1.165, 1.54) is 22.8 Å². The van der Waals surface area contributed by atoms with Gasteiger partial charge in [0.25, 0.3) is 11.8 Å². The molecule has 3 fully saturated rings. The number of hydrogen-bond acceptors (Lipinski definition) is 6. The summed E-state index contributed by atoms with van der Waals surface area (Å²) in [6, 6.07) is 0.0693. The number of hydrogen-bond donors (Lipinski definition) is 0. The molecule has 0 N–H and O–H groups in total. The van der Waals surface area contributed by atoms with E-state index in [1.807, 2.05) is 0 Å². The number of benzene rings is 1. The third-order valence-electron chi connectivity index (χ3n) is 6.19. The Kier molecular flexibility index (Phi) is 3.95. The molecule has 2 atom stereocenters. The summed E-state index contributed by atoms with van der Waals surface area (Å²) < 4.78 is 26.1. The first-order chi connectivity index (χ1) is 14.2. The molecule has 10 heteroatoms. The summed E-state index contributed by atoms with van der Waals surface area (Å²) in [6.07, 6.45) is 0.963. The number of urea groups is 1. The molecular formula is C20H20FN3O6. The number of imide groups is 1. The number of ether oxygens (including phenoxy) is 2. The van der Waals surface area contributed by atoms with Crippen molar-refractivity contribution in [2.24, 2.45) is 0 Å². The van der Waals surface area contributed by atoms with Gasteiger partial charge in [-0.1, -0.05) is 0 Å². The predicted molar refractivity (Wildman–Crippen MR) is 101 cm³/mol. The first kappa shape index (κ1) is 19.0. The first-order valence-corrected chi connectivity index (χ1v) is 9.84. The Morgan fingerprint density at radius 3 is 2.60 bits per heavy atom. The number of carbonyl (C=O) groups is 4. The smallest absolute Gasteiger partial charge is 0.332 e. The molecule has 158 valence electrons. The average molecular weight is 417 g/mol. The van der Waals surface area contributed by atoms with Crippen LogP contribution in [0.25, 0.3) is 0 Å². The van der Waals surface area contributed by atoms with Crippen molar-refractivity contribution in [3.8, 4) is 5.75 Å². The second-order valence-corrected chi connectivity index (χ2v) is 8.07. The van der Waals surface area contributed by atoms with E-state index in [2.05, 4.69) is 0 Å². The Labute approximate surface area is 171 Å². The molecule has 9 nitrogen and oxygen atoms in total. The van der Waals surface area contributed by atoms with Crippen LogP contribution >= 0.6 is 0 Å². The van der Waals surface area contributed by atoms with Crippen molar-refractivity contribution in [1.82, 2.24) is 4.90 Å². The van der Waals surface area contributed by atoms with E-state index in [0.29, 0.717) is 19.4 Å². The van der Waals surface area contributed by atoms with E-state index >= 15 is 4.39 Å². The van der Waals surface area contributed by atoms with Crippen LogP contribution < -0.4 is 14.5 Å². The minimum atomic E-state index is -1.07. The van der Waals surface area contributed by atoms with E-state index < -0.39 is 35.4 Å². The fraction of sp³-hybridized carbons (Fsp3) is 0.500. The number of fused-ring (bicyclic) bond motifs is 2. The average Bonchev–Trinajstić information content (AvgIpc) is 3.44. The van der Waals surface area contributed by atoms with Crippen LogP contribution in [0.3, 0.4) is 0 Å². The fourth-order valence-electron chi connectivity index (χ4n) is 4.18. The van der Waals surface area contributed by atoms with Crippen molar-refractivity contribution in [3.63, 3.8) is 0 Å². The van der Waals surface area contributed by atoms with Gasteiger partial charge in [0.05, 0.1) is 30.6 Å². The normalized spacial score (nSPS) is 25.2. The van der Waals surface area contributed by atoms with Crippen LogP contribution in [0.1, 0.15) is 26.7 Å². The number of rotatable bonds is 3.